The number of methoxy groups -OCH3 is 1. The fraction of sp³-hybridized carbons (Fsp3) is 0.409. The molecule has 0 aliphatic carbocycles. The minimum atomic E-state index is -3.67. The molecule has 1 atom stereocenters. The number of amides is 1. The van der Waals surface area contributed by atoms with Crippen molar-refractivity contribution in [1.82, 2.24) is 9.62 Å². The number of carbonyl (C=O) groups excluding carboxylic acids is 1. The first kappa shape index (κ1) is 22.6. The van der Waals surface area contributed by atoms with Crippen LogP contribution in [0.1, 0.15) is 48.7 Å². The maximum Gasteiger partial charge on any atom is 0.253 e. The summed E-state index contributed by atoms with van der Waals surface area (Å²) in [6.45, 7) is 4.95. The van der Waals surface area contributed by atoms with Gasteiger partial charge in [-0.2, -0.15) is 4.31 Å². The summed E-state index contributed by atoms with van der Waals surface area (Å²) in [7, 11) is -2.07. The first-order chi connectivity index (χ1) is 14.2. The van der Waals surface area contributed by atoms with Crippen LogP contribution in [0, 0.1) is 5.92 Å². The number of halogens is 1. The fourth-order valence-electron chi connectivity index (χ4n) is 3.46. The van der Waals surface area contributed by atoms with E-state index in [0.717, 1.165) is 24.2 Å². The standard InChI is InChI=1S/C22H27ClN2O4S/c1-15-10-12-25(13-11-15)30(27,28)19-8-9-21(23)20(14-19)22(26)24-16(2)17-4-6-18(29-3)7-5-17/h4-9,14-16H,10-13H2,1-3H3,(H,24,26)/t16-/m1/s1. The Kier molecular flexibility index (Phi) is 7.06. The van der Waals surface area contributed by atoms with Gasteiger partial charge in [-0.05, 0) is 61.6 Å². The maximum absolute atomic E-state index is 13.0. The summed E-state index contributed by atoms with van der Waals surface area (Å²) in [5.74, 6) is 0.820. The molecule has 1 saturated heterocycles. The van der Waals surface area contributed by atoms with Crippen LogP contribution in [0.25, 0.3) is 0 Å². The first-order valence-corrected chi connectivity index (χ1v) is 11.8. The van der Waals surface area contributed by atoms with Crippen molar-refractivity contribution in [2.24, 2.45) is 5.92 Å². The summed E-state index contributed by atoms with van der Waals surface area (Å²) in [5.41, 5.74) is 1.04. The third-order valence-corrected chi connectivity index (χ3v) is 7.75. The van der Waals surface area contributed by atoms with Gasteiger partial charge in [-0.1, -0.05) is 30.7 Å². The number of benzene rings is 2. The Hall–Kier alpha value is -2.09. The number of nitrogens with one attached hydrogen (secondary N) is 1. The lowest BCUT2D eigenvalue weighted by Crippen LogP contribution is -2.38. The topological polar surface area (TPSA) is 75.7 Å². The van der Waals surface area contributed by atoms with Crippen molar-refractivity contribution in [1.29, 1.82) is 0 Å². The van der Waals surface area contributed by atoms with E-state index in [1.165, 1.54) is 22.5 Å². The van der Waals surface area contributed by atoms with E-state index in [9.17, 15) is 13.2 Å². The molecule has 30 heavy (non-hydrogen) atoms. The Morgan fingerprint density at radius 3 is 2.40 bits per heavy atom. The van der Waals surface area contributed by atoms with Crippen LogP contribution in [-0.2, 0) is 10.0 Å². The predicted octanol–water partition coefficient (Wildman–Crippen LogP) is 4.26. The van der Waals surface area contributed by atoms with Gasteiger partial charge in [0.1, 0.15) is 5.75 Å². The molecule has 2 aromatic rings. The van der Waals surface area contributed by atoms with Gasteiger partial charge in [-0.25, -0.2) is 8.42 Å². The summed E-state index contributed by atoms with van der Waals surface area (Å²) in [4.78, 5) is 12.9. The third kappa shape index (κ3) is 4.96. The van der Waals surface area contributed by atoms with E-state index in [2.05, 4.69) is 12.2 Å². The molecule has 2 aromatic carbocycles. The van der Waals surface area contributed by atoms with Gasteiger partial charge in [0.05, 0.1) is 28.6 Å². The van der Waals surface area contributed by atoms with Crippen molar-refractivity contribution >= 4 is 27.5 Å². The molecule has 3 rings (SSSR count). The second kappa shape index (κ2) is 9.37. The zero-order valence-corrected chi connectivity index (χ0v) is 19.0. The molecule has 1 heterocycles. The highest BCUT2D eigenvalue weighted by Gasteiger charge is 2.29. The number of rotatable bonds is 6. The summed E-state index contributed by atoms with van der Waals surface area (Å²) >= 11 is 6.23. The molecule has 1 aliphatic heterocycles. The van der Waals surface area contributed by atoms with Crippen LogP contribution in [0.2, 0.25) is 5.02 Å². The van der Waals surface area contributed by atoms with Gasteiger partial charge in [0, 0.05) is 13.1 Å². The number of hydrogen-bond donors (Lipinski definition) is 1. The SMILES string of the molecule is COc1ccc([C@@H](C)NC(=O)c2cc(S(=O)(=O)N3CCC(C)CC3)ccc2Cl)cc1. The van der Waals surface area contributed by atoms with Crippen LogP contribution in [0.5, 0.6) is 5.75 Å². The maximum atomic E-state index is 13.0. The van der Waals surface area contributed by atoms with E-state index in [0.29, 0.717) is 19.0 Å². The summed E-state index contributed by atoms with van der Waals surface area (Å²) in [5, 5.41) is 3.09. The fourth-order valence-corrected chi connectivity index (χ4v) is 5.16. The average molecular weight is 451 g/mol. The minimum Gasteiger partial charge on any atom is -0.497 e. The van der Waals surface area contributed by atoms with E-state index in [-0.39, 0.29) is 21.5 Å². The van der Waals surface area contributed by atoms with Gasteiger partial charge >= 0.3 is 0 Å². The van der Waals surface area contributed by atoms with Crippen molar-refractivity contribution in [3.05, 3.63) is 58.6 Å². The van der Waals surface area contributed by atoms with Crippen LogP contribution >= 0.6 is 11.6 Å². The quantitative estimate of drug-likeness (QED) is 0.713. The second-order valence-corrected chi connectivity index (χ2v) is 10.0. The predicted molar refractivity (Wildman–Crippen MR) is 117 cm³/mol. The first-order valence-electron chi connectivity index (χ1n) is 9.97. The van der Waals surface area contributed by atoms with Gasteiger partial charge < -0.3 is 10.1 Å². The molecule has 8 heteroatoms. The van der Waals surface area contributed by atoms with Crippen molar-refractivity contribution in [3.63, 3.8) is 0 Å². The highest BCUT2D eigenvalue weighted by Crippen LogP contribution is 2.27. The number of piperidine rings is 1. The molecule has 1 aliphatic rings. The Balaban J connectivity index is 1.79. The Labute approximate surface area is 183 Å². The van der Waals surface area contributed by atoms with E-state index in [1.54, 1.807) is 7.11 Å². The Morgan fingerprint density at radius 2 is 1.80 bits per heavy atom. The molecule has 0 saturated carbocycles. The zero-order valence-electron chi connectivity index (χ0n) is 17.4. The van der Waals surface area contributed by atoms with Gasteiger partial charge in [-0.15, -0.1) is 0 Å². The third-order valence-electron chi connectivity index (χ3n) is 5.53. The summed E-state index contributed by atoms with van der Waals surface area (Å²) < 4.78 is 32.7. The molecular formula is C22H27ClN2O4S. The molecule has 0 unspecified atom stereocenters. The molecule has 1 fully saturated rings. The van der Waals surface area contributed by atoms with Gasteiger partial charge in [0.25, 0.3) is 5.91 Å². The molecule has 0 aromatic heterocycles. The lowest BCUT2D eigenvalue weighted by Gasteiger charge is -2.29. The molecule has 162 valence electrons. The van der Waals surface area contributed by atoms with Gasteiger partial charge in [0.2, 0.25) is 10.0 Å². The van der Waals surface area contributed by atoms with Crippen LogP contribution in [0.4, 0.5) is 0 Å². The number of sulfonamides is 1. The monoisotopic (exact) mass is 450 g/mol. The van der Waals surface area contributed by atoms with Crippen molar-refractivity contribution < 1.29 is 17.9 Å². The summed E-state index contributed by atoms with van der Waals surface area (Å²) in [6, 6.07) is 11.4. The van der Waals surface area contributed by atoms with E-state index >= 15 is 0 Å². The van der Waals surface area contributed by atoms with Crippen molar-refractivity contribution in [2.75, 3.05) is 20.2 Å². The normalized spacial score (nSPS) is 16.8. The van der Waals surface area contributed by atoms with Crippen LogP contribution < -0.4 is 10.1 Å². The number of hydrogen-bond acceptors (Lipinski definition) is 4. The van der Waals surface area contributed by atoms with E-state index in [4.69, 9.17) is 16.3 Å². The Morgan fingerprint density at radius 1 is 1.17 bits per heavy atom. The molecule has 0 radical (unpaired) electrons. The van der Waals surface area contributed by atoms with Gasteiger partial charge in [-0.3, -0.25) is 4.79 Å². The lowest BCUT2D eigenvalue weighted by atomic mass is 10.0. The van der Waals surface area contributed by atoms with Crippen LogP contribution in [-0.4, -0.2) is 38.8 Å². The van der Waals surface area contributed by atoms with Gasteiger partial charge in [0.15, 0.2) is 0 Å². The molecular weight excluding hydrogens is 424 g/mol. The van der Waals surface area contributed by atoms with E-state index < -0.39 is 15.9 Å². The summed E-state index contributed by atoms with van der Waals surface area (Å²) in [6.07, 6.45) is 1.67. The highest BCUT2D eigenvalue weighted by atomic mass is 35.5. The largest absolute Gasteiger partial charge is 0.497 e. The average Bonchev–Trinajstić information content (AvgIpc) is 2.74. The molecule has 0 spiro atoms. The number of nitrogens with zero attached hydrogens (tertiary/aromatic N) is 1. The molecule has 1 N–H and O–H groups in total. The second-order valence-electron chi connectivity index (χ2n) is 7.70. The smallest absolute Gasteiger partial charge is 0.253 e. The number of carbonyl (C=O) groups is 1. The lowest BCUT2D eigenvalue weighted by molar-refractivity contribution is 0.0940. The van der Waals surface area contributed by atoms with Crippen LogP contribution in [0.15, 0.2) is 47.4 Å². The van der Waals surface area contributed by atoms with Crippen LogP contribution in [0.3, 0.4) is 0 Å². The molecule has 1 amide bonds. The minimum absolute atomic E-state index is 0.0868. The molecule has 0 bridgehead atoms. The number of ether oxygens (including phenoxy) is 1. The van der Waals surface area contributed by atoms with Crippen molar-refractivity contribution in [2.45, 2.75) is 37.6 Å². The highest BCUT2D eigenvalue weighted by molar-refractivity contribution is 7.89. The van der Waals surface area contributed by atoms with Crippen molar-refractivity contribution in [3.8, 4) is 5.75 Å². The molecule has 6 nitrogen and oxygen atoms in total. The Bertz CT molecular complexity index is 1000. The zero-order chi connectivity index (χ0) is 21.9. The van der Waals surface area contributed by atoms with E-state index in [1.807, 2.05) is 31.2 Å².